The van der Waals surface area contributed by atoms with E-state index in [2.05, 4.69) is 0 Å². The highest BCUT2D eigenvalue weighted by Crippen LogP contribution is 2.37. The third kappa shape index (κ3) is 2.48. The van der Waals surface area contributed by atoms with Crippen molar-refractivity contribution in [2.75, 3.05) is 0 Å². The van der Waals surface area contributed by atoms with Crippen molar-refractivity contribution < 1.29 is 19.0 Å². The minimum Gasteiger partial charge on any atom is -0.486 e. The molecule has 0 radical (unpaired) electrons. The van der Waals surface area contributed by atoms with Gasteiger partial charge >= 0.3 is 5.97 Å². The third-order valence-corrected chi connectivity index (χ3v) is 3.71. The fraction of sp³-hybridized carbons (Fsp3) is 0.167. The molecule has 1 atom stereocenters. The number of rotatable bonds is 2. The first kappa shape index (κ1) is 14.3. The van der Waals surface area contributed by atoms with Crippen LogP contribution in [0.15, 0.2) is 42.5 Å². The van der Waals surface area contributed by atoms with Crippen molar-refractivity contribution >= 4 is 11.5 Å². The van der Waals surface area contributed by atoms with E-state index in [9.17, 15) is 14.3 Å². The summed E-state index contributed by atoms with van der Waals surface area (Å²) >= 11 is 0. The van der Waals surface area contributed by atoms with Gasteiger partial charge in [-0.3, -0.25) is 0 Å². The summed E-state index contributed by atoms with van der Waals surface area (Å²) in [4.78, 5) is 11.2. The van der Waals surface area contributed by atoms with E-state index in [0.29, 0.717) is 11.3 Å². The average Bonchev–Trinajstić information content (AvgIpc) is 2.46. The molecular weight excluding hydrogens is 283 g/mol. The highest BCUT2D eigenvalue weighted by Gasteiger charge is 2.22. The molecule has 2 aromatic rings. The smallest absolute Gasteiger partial charge is 0.335 e. The summed E-state index contributed by atoms with van der Waals surface area (Å²) in [6, 6.07) is 9.38. The van der Waals surface area contributed by atoms with Gasteiger partial charge < -0.3 is 9.84 Å². The van der Waals surface area contributed by atoms with Crippen LogP contribution in [0.1, 0.15) is 34.0 Å². The molecule has 0 saturated carbocycles. The maximum absolute atomic E-state index is 13.3. The molecule has 1 aliphatic heterocycles. The highest BCUT2D eigenvalue weighted by molar-refractivity contribution is 5.92. The van der Waals surface area contributed by atoms with Gasteiger partial charge in [-0.1, -0.05) is 6.07 Å². The second-order valence-electron chi connectivity index (χ2n) is 5.38. The first-order valence-corrected chi connectivity index (χ1v) is 6.98. The lowest BCUT2D eigenvalue weighted by molar-refractivity contribution is 0.0697. The van der Waals surface area contributed by atoms with Gasteiger partial charge in [0.25, 0.3) is 0 Å². The van der Waals surface area contributed by atoms with Gasteiger partial charge in [-0.2, -0.15) is 0 Å². The molecule has 22 heavy (non-hydrogen) atoms. The molecule has 112 valence electrons. The maximum Gasteiger partial charge on any atom is 0.335 e. The Balaban J connectivity index is 2.19. The van der Waals surface area contributed by atoms with E-state index in [4.69, 9.17) is 4.74 Å². The van der Waals surface area contributed by atoms with Crippen LogP contribution < -0.4 is 4.74 Å². The molecule has 3 rings (SSSR count). The normalized spacial score (nSPS) is 16.5. The lowest BCUT2D eigenvalue weighted by atomic mass is 9.90. The van der Waals surface area contributed by atoms with E-state index < -0.39 is 5.97 Å². The van der Waals surface area contributed by atoms with Crippen LogP contribution in [0.2, 0.25) is 0 Å². The number of aromatic carboxylic acids is 1. The van der Waals surface area contributed by atoms with Crippen molar-refractivity contribution in [1.82, 2.24) is 0 Å². The van der Waals surface area contributed by atoms with Crippen LogP contribution in [0.5, 0.6) is 5.75 Å². The van der Waals surface area contributed by atoms with Gasteiger partial charge in [0.2, 0.25) is 0 Å². The Bertz CT molecular complexity index is 793. The fourth-order valence-electron chi connectivity index (χ4n) is 2.70. The standard InChI is InChI=1S/C18H15FO3/c1-10-7-13(19)4-5-14(10)15-8-11(2)22-17-6-3-12(18(20)21)9-16(15)17/h3-9,11H,1-2H3,(H,20,21). The number of carbonyl (C=O) groups is 1. The maximum atomic E-state index is 13.3. The zero-order chi connectivity index (χ0) is 15.9. The summed E-state index contributed by atoms with van der Waals surface area (Å²) in [6.45, 7) is 3.74. The summed E-state index contributed by atoms with van der Waals surface area (Å²) < 4.78 is 19.1. The molecule has 0 spiro atoms. The number of hydrogen-bond donors (Lipinski definition) is 1. The number of carboxylic acids is 1. The highest BCUT2D eigenvalue weighted by atomic mass is 19.1. The first-order chi connectivity index (χ1) is 10.5. The van der Waals surface area contributed by atoms with Gasteiger partial charge in [-0.15, -0.1) is 0 Å². The summed E-state index contributed by atoms with van der Waals surface area (Å²) in [5.74, 6) is -0.642. The molecule has 0 amide bonds. The molecule has 0 fully saturated rings. The van der Waals surface area contributed by atoms with Crippen molar-refractivity contribution in [2.24, 2.45) is 0 Å². The van der Waals surface area contributed by atoms with Gasteiger partial charge in [0.1, 0.15) is 17.7 Å². The van der Waals surface area contributed by atoms with Gasteiger partial charge in [-0.05, 0) is 67.0 Å². The van der Waals surface area contributed by atoms with Crippen molar-refractivity contribution in [3.8, 4) is 5.75 Å². The zero-order valence-electron chi connectivity index (χ0n) is 12.3. The number of benzene rings is 2. The summed E-state index contributed by atoms with van der Waals surface area (Å²) in [6.07, 6.45) is 1.79. The van der Waals surface area contributed by atoms with E-state index >= 15 is 0 Å². The van der Waals surface area contributed by atoms with Gasteiger partial charge in [-0.25, -0.2) is 9.18 Å². The third-order valence-electron chi connectivity index (χ3n) is 3.71. The zero-order valence-corrected chi connectivity index (χ0v) is 12.3. The van der Waals surface area contributed by atoms with E-state index in [1.807, 2.05) is 19.9 Å². The Morgan fingerprint density at radius 2 is 1.95 bits per heavy atom. The molecule has 1 N–H and O–H groups in total. The Morgan fingerprint density at radius 1 is 1.18 bits per heavy atom. The molecule has 0 saturated heterocycles. The van der Waals surface area contributed by atoms with Crippen molar-refractivity contribution in [2.45, 2.75) is 20.0 Å². The molecule has 1 heterocycles. The molecule has 1 unspecified atom stereocenters. The predicted octanol–water partition coefficient (Wildman–Crippen LogP) is 4.04. The monoisotopic (exact) mass is 298 g/mol. The van der Waals surface area contributed by atoms with Crippen molar-refractivity contribution in [3.63, 3.8) is 0 Å². The largest absolute Gasteiger partial charge is 0.486 e. The first-order valence-electron chi connectivity index (χ1n) is 6.98. The Morgan fingerprint density at radius 3 is 2.64 bits per heavy atom. The molecule has 3 nitrogen and oxygen atoms in total. The van der Waals surface area contributed by atoms with E-state index in [1.165, 1.54) is 18.2 Å². The van der Waals surface area contributed by atoms with Crippen LogP contribution in [0.25, 0.3) is 5.57 Å². The number of carboxylic acid groups (broad SMARTS) is 1. The minimum atomic E-state index is -0.989. The summed E-state index contributed by atoms with van der Waals surface area (Å²) in [7, 11) is 0. The van der Waals surface area contributed by atoms with E-state index in [0.717, 1.165) is 16.7 Å². The van der Waals surface area contributed by atoms with Crippen LogP contribution in [-0.2, 0) is 0 Å². The van der Waals surface area contributed by atoms with Crippen LogP contribution in [0, 0.1) is 12.7 Å². The van der Waals surface area contributed by atoms with Crippen LogP contribution in [0.4, 0.5) is 4.39 Å². The second kappa shape index (κ2) is 5.30. The lowest BCUT2D eigenvalue weighted by Gasteiger charge is -2.24. The number of fused-ring (bicyclic) bond motifs is 1. The van der Waals surface area contributed by atoms with Crippen molar-refractivity contribution in [1.29, 1.82) is 0 Å². The molecule has 0 aromatic heterocycles. The SMILES string of the molecule is Cc1cc(F)ccc1C1=CC(C)Oc2ccc(C(=O)O)cc21. The van der Waals surface area contributed by atoms with Crippen LogP contribution in [0.3, 0.4) is 0 Å². The van der Waals surface area contributed by atoms with Gasteiger partial charge in [0.15, 0.2) is 0 Å². The van der Waals surface area contributed by atoms with Gasteiger partial charge in [0, 0.05) is 5.56 Å². The predicted molar refractivity (Wildman–Crippen MR) is 81.7 cm³/mol. The Labute approximate surface area is 127 Å². The molecular formula is C18H15FO3. The minimum absolute atomic E-state index is 0.136. The number of hydrogen-bond acceptors (Lipinski definition) is 2. The Kier molecular flexibility index (Phi) is 3.45. The lowest BCUT2D eigenvalue weighted by Crippen LogP contribution is -2.16. The molecule has 4 heteroatoms. The topological polar surface area (TPSA) is 46.5 Å². The van der Waals surface area contributed by atoms with Crippen LogP contribution in [-0.4, -0.2) is 17.2 Å². The van der Waals surface area contributed by atoms with E-state index in [1.54, 1.807) is 18.2 Å². The molecule has 2 aromatic carbocycles. The molecule has 0 bridgehead atoms. The van der Waals surface area contributed by atoms with Crippen LogP contribution >= 0.6 is 0 Å². The van der Waals surface area contributed by atoms with Gasteiger partial charge in [0.05, 0.1) is 5.56 Å². The Hall–Kier alpha value is -2.62. The number of aryl methyl sites for hydroxylation is 1. The van der Waals surface area contributed by atoms with Crippen molar-refractivity contribution in [3.05, 3.63) is 70.5 Å². The second-order valence-corrected chi connectivity index (χ2v) is 5.38. The fourth-order valence-corrected chi connectivity index (χ4v) is 2.70. The summed E-state index contributed by atoms with van der Waals surface area (Å²) in [5, 5.41) is 9.18. The molecule has 0 aliphatic carbocycles. The molecule has 1 aliphatic rings. The summed E-state index contributed by atoms with van der Waals surface area (Å²) in [5.41, 5.74) is 3.46. The van der Waals surface area contributed by atoms with E-state index in [-0.39, 0.29) is 17.5 Å². The average molecular weight is 298 g/mol. The number of halogens is 1. The quantitative estimate of drug-likeness (QED) is 0.910. The number of ether oxygens (including phenoxy) is 1.